The van der Waals surface area contributed by atoms with E-state index in [1.807, 2.05) is 19.1 Å². The van der Waals surface area contributed by atoms with Crippen molar-refractivity contribution in [3.05, 3.63) is 51.3 Å². The van der Waals surface area contributed by atoms with Gasteiger partial charge in [-0.15, -0.1) is 0 Å². The second-order valence-corrected chi connectivity index (χ2v) is 6.02. The molecular weight excluding hydrogens is 372 g/mol. The van der Waals surface area contributed by atoms with Crippen molar-refractivity contribution in [1.82, 2.24) is 20.4 Å². The Hall–Kier alpha value is -2.81. The zero-order valence-electron chi connectivity index (χ0n) is 15.3. The summed E-state index contributed by atoms with van der Waals surface area (Å²) in [5.74, 6) is 1.39. The summed E-state index contributed by atoms with van der Waals surface area (Å²) >= 11 is 6.24. The minimum absolute atomic E-state index is 0.0213. The molecule has 0 saturated carbocycles. The molecule has 0 aliphatic carbocycles. The lowest BCUT2D eigenvalue weighted by Crippen LogP contribution is -2.39. The Balaban J connectivity index is 1.85. The van der Waals surface area contributed by atoms with E-state index in [4.69, 9.17) is 16.3 Å². The number of nitrogens with one attached hydrogen (secondary N) is 2. The Bertz CT molecular complexity index is 793. The van der Waals surface area contributed by atoms with Gasteiger partial charge in [-0.05, 0) is 31.0 Å². The molecule has 0 fully saturated rings. The van der Waals surface area contributed by atoms with Gasteiger partial charge in [0.15, 0.2) is 5.96 Å². The average molecular weight is 395 g/mol. The maximum atomic E-state index is 10.7. The van der Waals surface area contributed by atoms with Crippen LogP contribution in [0.4, 0.5) is 5.69 Å². The average Bonchev–Trinajstić information content (AvgIpc) is 3.12. The molecule has 1 heterocycles. The fourth-order valence-corrected chi connectivity index (χ4v) is 2.61. The standard InChI is InChI=1S/C17H23ClN6O3/c1-3-19-17(21-8-9-23-12-14(11-22-23)24(25)26)20-7-6-13-4-5-15(27-2)10-16(13)18/h4-5,10-12H,3,6-9H2,1-2H3,(H2,19,20,21). The van der Waals surface area contributed by atoms with Gasteiger partial charge in [-0.2, -0.15) is 5.10 Å². The summed E-state index contributed by atoms with van der Waals surface area (Å²) in [6.45, 7) is 4.29. The van der Waals surface area contributed by atoms with Gasteiger partial charge in [-0.3, -0.25) is 19.8 Å². The number of hydrogen-bond donors (Lipinski definition) is 2. The molecular formula is C17H23ClN6O3. The molecule has 146 valence electrons. The Kier molecular flexibility index (Phi) is 7.87. The van der Waals surface area contributed by atoms with Crippen LogP contribution < -0.4 is 15.4 Å². The van der Waals surface area contributed by atoms with Crippen LogP contribution in [0, 0.1) is 10.1 Å². The first kappa shape index (κ1) is 20.5. The number of rotatable bonds is 9. The molecule has 0 unspecified atom stereocenters. The summed E-state index contributed by atoms with van der Waals surface area (Å²) in [5.41, 5.74) is 0.979. The van der Waals surface area contributed by atoms with Crippen LogP contribution in [0.25, 0.3) is 0 Å². The number of aliphatic imine (C=N–C) groups is 1. The monoisotopic (exact) mass is 394 g/mol. The molecule has 0 spiro atoms. The molecule has 9 nitrogen and oxygen atoms in total. The smallest absolute Gasteiger partial charge is 0.306 e. The Morgan fingerprint density at radius 2 is 2.26 bits per heavy atom. The molecule has 0 aliphatic rings. The highest BCUT2D eigenvalue weighted by atomic mass is 35.5. The lowest BCUT2D eigenvalue weighted by Gasteiger charge is -2.11. The first-order valence-corrected chi connectivity index (χ1v) is 8.92. The highest BCUT2D eigenvalue weighted by molar-refractivity contribution is 6.31. The number of hydrogen-bond acceptors (Lipinski definition) is 5. The molecule has 0 saturated heterocycles. The number of guanidine groups is 1. The number of nitrogens with zero attached hydrogens (tertiary/aromatic N) is 4. The number of benzene rings is 1. The Labute approximate surface area is 162 Å². The van der Waals surface area contributed by atoms with E-state index in [1.165, 1.54) is 17.1 Å². The van der Waals surface area contributed by atoms with Gasteiger partial charge in [0.05, 0.1) is 18.6 Å². The van der Waals surface area contributed by atoms with Crippen LogP contribution in [-0.2, 0) is 13.0 Å². The molecule has 10 heteroatoms. The second kappa shape index (κ2) is 10.4. The van der Waals surface area contributed by atoms with E-state index in [2.05, 4.69) is 20.7 Å². The zero-order valence-corrected chi connectivity index (χ0v) is 16.1. The topological polar surface area (TPSA) is 107 Å². The van der Waals surface area contributed by atoms with Crippen LogP contribution in [0.5, 0.6) is 5.75 Å². The summed E-state index contributed by atoms with van der Waals surface area (Å²) in [7, 11) is 1.60. The zero-order chi connectivity index (χ0) is 19.6. The molecule has 1 aromatic carbocycles. The van der Waals surface area contributed by atoms with Crippen LogP contribution >= 0.6 is 11.6 Å². The summed E-state index contributed by atoms with van der Waals surface area (Å²) in [5, 5.41) is 21.6. The van der Waals surface area contributed by atoms with Crippen molar-refractivity contribution in [3.63, 3.8) is 0 Å². The highest BCUT2D eigenvalue weighted by Gasteiger charge is 2.08. The third-order valence-electron chi connectivity index (χ3n) is 3.72. The van der Waals surface area contributed by atoms with Gasteiger partial charge in [0.25, 0.3) is 0 Å². The van der Waals surface area contributed by atoms with Gasteiger partial charge in [0.1, 0.15) is 18.1 Å². The van der Waals surface area contributed by atoms with Crippen LogP contribution in [-0.4, -0.2) is 47.4 Å². The predicted octanol–water partition coefficient (Wildman–Crippen LogP) is 2.25. The molecule has 0 radical (unpaired) electrons. The maximum absolute atomic E-state index is 10.7. The minimum atomic E-state index is -0.466. The van der Waals surface area contributed by atoms with E-state index in [1.54, 1.807) is 13.2 Å². The SMILES string of the molecule is CCNC(=NCCc1ccc(OC)cc1Cl)NCCn1cc([N+](=O)[O-])cn1. The first-order chi connectivity index (χ1) is 13.0. The number of ether oxygens (including phenoxy) is 1. The summed E-state index contributed by atoms with van der Waals surface area (Å²) in [6.07, 6.45) is 3.33. The van der Waals surface area contributed by atoms with Gasteiger partial charge >= 0.3 is 5.69 Å². The van der Waals surface area contributed by atoms with Crippen LogP contribution in [0.2, 0.25) is 5.02 Å². The third kappa shape index (κ3) is 6.45. The fraction of sp³-hybridized carbons (Fsp3) is 0.412. The normalized spacial score (nSPS) is 11.3. The van der Waals surface area contributed by atoms with Crippen LogP contribution in [0.3, 0.4) is 0 Å². The van der Waals surface area contributed by atoms with E-state index in [0.717, 1.165) is 17.9 Å². The van der Waals surface area contributed by atoms with Gasteiger partial charge < -0.3 is 15.4 Å². The lowest BCUT2D eigenvalue weighted by molar-refractivity contribution is -0.385. The largest absolute Gasteiger partial charge is 0.497 e. The summed E-state index contributed by atoms with van der Waals surface area (Å²) < 4.78 is 6.66. The van der Waals surface area contributed by atoms with Crippen LogP contribution in [0.15, 0.2) is 35.6 Å². The first-order valence-electron chi connectivity index (χ1n) is 8.55. The van der Waals surface area contributed by atoms with E-state index in [9.17, 15) is 10.1 Å². The Morgan fingerprint density at radius 3 is 2.89 bits per heavy atom. The third-order valence-corrected chi connectivity index (χ3v) is 4.07. The van der Waals surface area contributed by atoms with Crippen molar-refractivity contribution in [3.8, 4) is 5.75 Å². The highest BCUT2D eigenvalue weighted by Crippen LogP contribution is 2.22. The molecule has 0 amide bonds. The molecule has 0 aliphatic heterocycles. The van der Waals surface area contributed by atoms with E-state index < -0.39 is 4.92 Å². The molecule has 1 aromatic heterocycles. The van der Waals surface area contributed by atoms with E-state index >= 15 is 0 Å². The number of methoxy groups -OCH3 is 1. The molecule has 2 rings (SSSR count). The maximum Gasteiger partial charge on any atom is 0.306 e. The molecule has 0 bridgehead atoms. The van der Waals surface area contributed by atoms with Crippen molar-refractivity contribution < 1.29 is 9.66 Å². The molecule has 2 N–H and O–H groups in total. The molecule has 27 heavy (non-hydrogen) atoms. The van der Waals surface area contributed by atoms with E-state index in [0.29, 0.717) is 37.0 Å². The van der Waals surface area contributed by atoms with Crippen molar-refractivity contribution in [2.24, 2.45) is 4.99 Å². The molecule has 0 atom stereocenters. The molecule has 2 aromatic rings. The van der Waals surface area contributed by atoms with Crippen molar-refractivity contribution in [2.45, 2.75) is 19.9 Å². The second-order valence-electron chi connectivity index (χ2n) is 5.61. The van der Waals surface area contributed by atoms with Gasteiger partial charge in [0.2, 0.25) is 0 Å². The fourth-order valence-electron chi connectivity index (χ4n) is 2.35. The quantitative estimate of drug-likeness (QED) is 0.292. The van der Waals surface area contributed by atoms with Crippen molar-refractivity contribution in [2.75, 3.05) is 26.7 Å². The van der Waals surface area contributed by atoms with E-state index in [-0.39, 0.29) is 5.69 Å². The van der Waals surface area contributed by atoms with Gasteiger partial charge in [-0.25, -0.2) is 0 Å². The van der Waals surface area contributed by atoms with Crippen molar-refractivity contribution >= 4 is 23.2 Å². The lowest BCUT2D eigenvalue weighted by atomic mass is 10.1. The number of halogens is 1. The number of nitro groups is 1. The van der Waals surface area contributed by atoms with Gasteiger partial charge in [0, 0.05) is 24.7 Å². The predicted molar refractivity (Wildman–Crippen MR) is 105 cm³/mol. The minimum Gasteiger partial charge on any atom is -0.497 e. The van der Waals surface area contributed by atoms with Crippen molar-refractivity contribution in [1.29, 1.82) is 0 Å². The Morgan fingerprint density at radius 1 is 1.44 bits per heavy atom. The number of aromatic nitrogens is 2. The van der Waals surface area contributed by atoms with Crippen LogP contribution in [0.1, 0.15) is 12.5 Å². The summed E-state index contributed by atoms with van der Waals surface area (Å²) in [6, 6.07) is 5.59. The summed E-state index contributed by atoms with van der Waals surface area (Å²) in [4.78, 5) is 14.7. The van der Waals surface area contributed by atoms with Gasteiger partial charge in [-0.1, -0.05) is 17.7 Å².